The number of aliphatic imine (C=N–C) groups is 1. The highest BCUT2D eigenvalue weighted by Gasteiger charge is 1.98. The Morgan fingerprint density at radius 2 is 2.05 bits per heavy atom. The molecule has 6 heteroatoms. The van der Waals surface area contributed by atoms with Gasteiger partial charge in [-0.05, 0) is 30.4 Å². The van der Waals surface area contributed by atoms with Crippen molar-refractivity contribution in [3.63, 3.8) is 0 Å². The fourth-order valence-electron chi connectivity index (χ4n) is 1.65. The van der Waals surface area contributed by atoms with Crippen LogP contribution in [0.2, 0.25) is 0 Å². The van der Waals surface area contributed by atoms with Crippen LogP contribution in [0.3, 0.4) is 0 Å². The summed E-state index contributed by atoms with van der Waals surface area (Å²) in [5, 5.41) is 6.58. The molecular weight excluding hydrogens is 385 g/mol. The molecule has 0 bridgehead atoms. The van der Waals surface area contributed by atoms with Gasteiger partial charge in [-0.1, -0.05) is 12.1 Å². The summed E-state index contributed by atoms with van der Waals surface area (Å²) >= 11 is 1.82. The Hall–Kier alpha value is -0.630. The fraction of sp³-hybridized carbons (Fsp3) is 0.500. The van der Waals surface area contributed by atoms with Crippen LogP contribution in [0.25, 0.3) is 0 Å². The van der Waals surface area contributed by atoms with E-state index >= 15 is 0 Å². The number of nitrogens with one attached hydrogen (secondary N) is 2. The van der Waals surface area contributed by atoms with Crippen molar-refractivity contribution in [2.24, 2.45) is 4.99 Å². The van der Waals surface area contributed by atoms with E-state index < -0.39 is 0 Å². The first-order chi connectivity index (χ1) is 9.30. The fourth-order valence-corrected chi connectivity index (χ4v) is 1.95. The minimum atomic E-state index is 0. The van der Waals surface area contributed by atoms with Crippen LogP contribution in [-0.4, -0.2) is 45.2 Å². The molecule has 0 unspecified atom stereocenters. The second-order valence-electron chi connectivity index (χ2n) is 4.02. The lowest BCUT2D eigenvalue weighted by Crippen LogP contribution is -2.39. The Morgan fingerprint density at radius 3 is 2.70 bits per heavy atom. The van der Waals surface area contributed by atoms with Gasteiger partial charge in [-0.2, -0.15) is 11.8 Å². The second kappa shape index (κ2) is 12.1. The Morgan fingerprint density at radius 1 is 1.30 bits per heavy atom. The Kier molecular flexibility index (Phi) is 11.8. The van der Waals surface area contributed by atoms with Crippen molar-refractivity contribution in [3.8, 4) is 5.75 Å². The lowest BCUT2D eigenvalue weighted by atomic mass is 10.1. The number of benzene rings is 1. The van der Waals surface area contributed by atoms with E-state index in [1.165, 1.54) is 5.56 Å². The average molecular weight is 409 g/mol. The van der Waals surface area contributed by atoms with E-state index in [2.05, 4.69) is 34.0 Å². The summed E-state index contributed by atoms with van der Waals surface area (Å²) in [7, 11) is 3.48. The first-order valence-corrected chi connectivity index (χ1v) is 7.76. The van der Waals surface area contributed by atoms with Crippen molar-refractivity contribution >= 4 is 41.7 Å². The maximum Gasteiger partial charge on any atom is 0.191 e. The van der Waals surface area contributed by atoms with Crippen LogP contribution >= 0.6 is 35.7 Å². The largest absolute Gasteiger partial charge is 0.497 e. The quantitative estimate of drug-likeness (QED) is 0.314. The number of rotatable bonds is 7. The zero-order valence-corrected chi connectivity index (χ0v) is 15.5. The molecule has 0 radical (unpaired) electrons. The monoisotopic (exact) mass is 409 g/mol. The molecule has 0 atom stereocenters. The Bertz CT molecular complexity index is 402. The number of nitrogens with zero attached hydrogens (tertiary/aromatic N) is 1. The minimum Gasteiger partial charge on any atom is -0.497 e. The molecule has 1 aromatic rings. The van der Waals surface area contributed by atoms with E-state index in [1.807, 2.05) is 23.9 Å². The normalized spacial score (nSPS) is 10.7. The molecule has 0 heterocycles. The Balaban J connectivity index is 0.00000361. The van der Waals surface area contributed by atoms with Crippen molar-refractivity contribution in [2.75, 3.05) is 39.3 Å². The molecule has 20 heavy (non-hydrogen) atoms. The summed E-state index contributed by atoms with van der Waals surface area (Å²) in [5.74, 6) is 2.84. The SMILES string of the molecule is CN=C(NCCSC)NCCc1cccc(OC)c1.I. The molecule has 1 rings (SSSR count). The minimum absolute atomic E-state index is 0. The summed E-state index contributed by atoms with van der Waals surface area (Å²) < 4.78 is 5.21. The summed E-state index contributed by atoms with van der Waals surface area (Å²) in [4.78, 5) is 4.19. The van der Waals surface area contributed by atoms with E-state index in [-0.39, 0.29) is 24.0 Å². The predicted octanol–water partition coefficient (Wildman–Crippen LogP) is 2.38. The third kappa shape index (κ3) is 7.84. The highest BCUT2D eigenvalue weighted by Crippen LogP contribution is 2.12. The van der Waals surface area contributed by atoms with Crippen LogP contribution in [0.4, 0.5) is 0 Å². The van der Waals surface area contributed by atoms with E-state index in [4.69, 9.17) is 4.74 Å². The number of hydrogen-bond donors (Lipinski definition) is 2. The van der Waals surface area contributed by atoms with Gasteiger partial charge in [0.25, 0.3) is 0 Å². The molecule has 0 amide bonds. The van der Waals surface area contributed by atoms with Crippen molar-refractivity contribution in [1.82, 2.24) is 10.6 Å². The van der Waals surface area contributed by atoms with Crippen molar-refractivity contribution in [1.29, 1.82) is 0 Å². The second-order valence-corrected chi connectivity index (χ2v) is 5.01. The highest BCUT2D eigenvalue weighted by molar-refractivity contribution is 14.0. The number of thioether (sulfide) groups is 1. The zero-order chi connectivity index (χ0) is 13.9. The van der Waals surface area contributed by atoms with Crippen LogP contribution in [0, 0.1) is 0 Å². The van der Waals surface area contributed by atoms with Crippen LogP contribution in [0.5, 0.6) is 5.75 Å². The van der Waals surface area contributed by atoms with Gasteiger partial charge in [0, 0.05) is 25.9 Å². The summed E-state index contributed by atoms with van der Waals surface area (Å²) in [6.45, 7) is 1.78. The topological polar surface area (TPSA) is 45.7 Å². The molecule has 0 fully saturated rings. The van der Waals surface area contributed by atoms with E-state index in [0.29, 0.717) is 0 Å². The number of methoxy groups -OCH3 is 1. The predicted molar refractivity (Wildman–Crippen MR) is 99.9 cm³/mol. The zero-order valence-electron chi connectivity index (χ0n) is 12.3. The van der Waals surface area contributed by atoms with Crippen LogP contribution < -0.4 is 15.4 Å². The van der Waals surface area contributed by atoms with Crippen molar-refractivity contribution in [2.45, 2.75) is 6.42 Å². The first kappa shape index (κ1) is 19.4. The molecule has 1 aromatic carbocycles. The number of halogens is 1. The molecule has 0 saturated heterocycles. The number of hydrogen-bond acceptors (Lipinski definition) is 3. The summed E-state index contributed by atoms with van der Waals surface area (Å²) in [6.07, 6.45) is 3.04. The standard InChI is InChI=1S/C14H23N3OS.HI/c1-15-14(17-9-10-19-3)16-8-7-12-5-4-6-13(11-12)18-2;/h4-6,11H,7-10H2,1-3H3,(H2,15,16,17);1H. The van der Waals surface area contributed by atoms with E-state index in [1.54, 1.807) is 14.2 Å². The smallest absolute Gasteiger partial charge is 0.191 e. The van der Waals surface area contributed by atoms with Gasteiger partial charge in [0.15, 0.2) is 5.96 Å². The number of ether oxygens (including phenoxy) is 1. The average Bonchev–Trinajstić information content (AvgIpc) is 2.46. The Labute approximate surface area is 143 Å². The molecule has 4 nitrogen and oxygen atoms in total. The first-order valence-electron chi connectivity index (χ1n) is 6.36. The van der Waals surface area contributed by atoms with Crippen molar-refractivity contribution < 1.29 is 4.74 Å². The lowest BCUT2D eigenvalue weighted by Gasteiger charge is -2.11. The van der Waals surface area contributed by atoms with E-state index in [9.17, 15) is 0 Å². The maximum absolute atomic E-state index is 5.21. The van der Waals surface area contributed by atoms with Gasteiger partial charge in [-0.15, -0.1) is 24.0 Å². The van der Waals surface area contributed by atoms with Crippen LogP contribution in [-0.2, 0) is 6.42 Å². The molecule has 0 saturated carbocycles. The van der Waals surface area contributed by atoms with Gasteiger partial charge in [-0.25, -0.2) is 0 Å². The third-order valence-electron chi connectivity index (χ3n) is 2.66. The van der Waals surface area contributed by atoms with E-state index in [0.717, 1.165) is 37.0 Å². The van der Waals surface area contributed by atoms with Crippen LogP contribution in [0.1, 0.15) is 5.56 Å². The molecule has 0 aliphatic heterocycles. The molecule has 0 aromatic heterocycles. The molecule has 0 aliphatic carbocycles. The lowest BCUT2D eigenvalue weighted by molar-refractivity contribution is 0.414. The van der Waals surface area contributed by atoms with Gasteiger partial charge < -0.3 is 15.4 Å². The van der Waals surface area contributed by atoms with Gasteiger partial charge in [0.1, 0.15) is 5.75 Å². The summed E-state index contributed by atoms with van der Waals surface area (Å²) in [6, 6.07) is 8.14. The molecule has 2 N–H and O–H groups in total. The highest BCUT2D eigenvalue weighted by atomic mass is 127. The third-order valence-corrected chi connectivity index (χ3v) is 3.27. The molecule has 0 spiro atoms. The van der Waals surface area contributed by atoms with Gasteiger partial charge in [-0.3, -0.25) is 4.99 Å². The van der Waals surface area contributed by atoms with Gasteiger partial charge >= 0.3 is 0 Å². The van der Waals surface area contributed by atoms with Crippen molar-refractivity contribution in [3.05, 3.63) is 29.8 Å². The molecular formula is C14H24IN3OS. The molecule has 0 aliphatic rings. The summed E-state index contributed by atoms with van der Waals surface area (Å²) in [5.41, 5.74) is 1.26. The molecule has 114 valence electrons. The maximum atomic E-state index is 5.21. The van der Waals surface area contributed by atoms with Gasteiger partial charge in [0.2, 0.25) is 0 Å². The number of guanidine groups is 1. The van der Waals surface area contributed by atoms with Gasteiger partial charge in [0.05, 0.1) is 7.11 Å². The van der Waals surface area contributed by atoms with Crippen LogP contribution in [0.15, 0.2) is 29.3 Å².